The Hall–Kier alpha value is -3.50. The molecule has 188 valence electrons. The fourth-order valence-corrected chi connectivity index (χ4v) is 3.56. The zero-order valence-corrected chi connectivity index (χ0v) is 19.5. The lowest BCUT2D eigenvalue weighted by molar-refractivity contribution is -0.187. The van der Waals surface area contributed by atoms with Gasteiger partial charge in [0.05, 0.1) is 11.1 Å². The van der Waals surface area contributed by atoms with Crippen LogP contribution in [0.15, 0.2) is 30.3 Å². The Labute approximate surface area is 198 Å². The molecule has 7 nitrogen and oxygen atoms in total. The number of aldehydes is 2. The van der Waals surface area contributed by atoms with Crippen molar-refractivity contribution in [3.05, 3.63) is 47.4 Å². The summed E-state index contributed by atoms with van der Waals surface area (Å²) < 4.78 is 67.4. The maximum atomic E-state index is 14.4. The molecular formula is C24H24F4N2O5. The summed E-state index contributed by atoms with van der Waals surface area (Å²) >= 11 is 0. The highest BCUT2D eigenvalue weighted by Crippen LogP contribution is 2.47. The van der Waals surface area contributed by atoms with E-state index in [1.807, 2.05) is 5.32 Å². The molecule has 1 aromatic heterocycles. The number of aromatic nitrogens is 1. The summed E-state index contributed by atoms with van der Waals surface area (Å²) in [5, 5.41) is 2.00. The second kappa shape index (κ2) is 8.94. The van der Waals surface area contributed by atoms with Gasteiger partial charge in [-0.1, -0.05) is 0 Å². The number of carbonyl (C=O) groups excluding carboxylic acids is 3. The molecule has 3 rings (SSSR count). The van der Waals surface area contributed by atoms with Gasteiger partial charge in [-0.25, -0.2) is 14.2 Å². The Morgan fingerprint density at radius 2 is 1.83 bits per heavy atom. The van der Waals surface area contributed by atoms with Crippen LogP contribution < -0.4 is 10.1 Å². The molecule has 0 radical (unpaired) electrons. The van der Waals surface area contributed by atoms with E-state index >= 15 is 0 Å². The number of benzene rings is 1. The quantitative estimate of drug-likeness (QED) is 0.475. The van der Waals surface area contributed by atoms with Crippen LogP contribution in [0.4, 0.5) is 22.4 Å². The molecule has 0 fully saturated rings. The molecule has 0 saturated carbocycles. The smallest absolute Gasteiger partial charge is 0.408 e. The predicted molar refractivity (Wildman–Crippen MR) is 117 cm³/mol. The van der Waals surface area contributed by atoms with E-state index in [2.05, 4.69) is 4.98 Å². The number of alkyl halides is 3. The summed E-state index contributed by atoms with van der Waals surface area (Å²) in [5.41, 5.74) is -6.15. The Balaban J connectivity index is 2.21. The standard InChI is InChI=1S/C24H24F4N2O5/c1-21(2,3)35-20(33)29-10-23(12-32,24(26,27)28)17-9-16-19(34-13-22(16,4)11-31)18(30-17)14-5-7-15(25)8-6-14/h5-9,11-12H,10,13H2,1-4H3,(H,29,33)/t22-,23-/m0/s1. The van der Waals surface area contributed by atoms with Crippen LogP contribution in [0, 0.1) is 5.82 Å². The first-order valence-corrected chi connectivity index (χ1v) is 10.6. The molecule has 1 aliphatic heterocycles. The summed E-state index contributed by atoms with van der Waals surface area (Å²) in [6.45, 7) is 4.69. The van der Waals surface area contributed by atoms with Crippen LogP contribution in [0.1, 0.15) is 39.0 Å². The molecule has 1 aliphatic rings. The molecule has 0 unspecified atom stereocenters. The van der Waals surface area contributed by atoms with E-state index in [0.29, 0.717) is 6.29 Å². The van der Waals surface area contributed by atoms with Crippen LogP contribution >= 0.6 is 0 Å². The molecule has 0 bridgehead atoms. The number of nitrogens with zero attached hydrogens (tertiary/aromatic N) is 1. The van der Waals surface area contributed by atoms with E-state index in [-0.39, 0.29) is 35.5 Å². The molecule has 0 saturated heterocycles. The highest BCUT2D eigenvalue weighted by Gasteiger charge is 2.58. The van der Waals surface area contributed by atoms with Crippen molar-refractivity contribution in [3.63, 3.8) is 0 Å². The van der Waals surface area contributed by atoms with Crippen LogP contribution in [0.25, 0.3) is 11.3 Å². The number of carbonyl (C=O) groups is 3. The van der Waals surface area contributed by atoms with Gasteiger partial charge in [0.25, 0.3) is 0 Å². The van der Waals surface area contributed by atoms with Crippen molar-refractivity contribution in [1.29, 1.82) is 0 Å². The molecule has 2 heterocycles. The van der Waals surface area contributed by atoms with E-state index < -0.39 is 46.8 Å². The van der Waals surface area contributed by atoms with Gasteiger partial charge in [0.1, 0.15) is 42.0 Å². The van der Waals surface area contributed by atoms with Gasteiger partial charge in [-0.05, 0) is 58.0 Å². The Morgan fingerprint density at radius 1 is 1.20 bits per heavy atom. The Morgan fingerprint density at radius 3 is 2.34 bits per heavy atom. The van der Waals surface area contributed by atoms with Gasteiger partial charge in [0.2, 0.25) is 0 Å². The number of nitrogens with one attached hydrogen (secondary N) is 1. The lowest BCUT2D eigenvalue weighted by Gasteiger charge is -2.31. The second-order valence-electron chi connectivity index (χ2n) is 9.51. The van der Waals surface area contributed by atoms with E-state index in [0.717, 1.165) is 18.2 Å². The SMILES string of the molecule is CC(C)(C)OC(=O)NC[C@](C=O)(c1cc2c(c(-c3ccc(F)cc3)n1)OC[C@]2(C)C=O)C(F)(F)F. The molecular weight excluding hydrogens is 472 g/mol. The van der Waals surface area contributed by atoms with Gasteiger partial charge in [-0.15, -0.1) is 0 Å². The molecule has 0 aliphatic carbocycles. The van der Waals surface area contributed by atoms with Crippen molar-refractivity contribution in [2.24, 2.45) is 0 Å². The summed E-state index contributed by atoms with van der Waals surface area (Å²) in [6.07, 6.45) is -6.16. The van der Waals surface area contributed by atoms with Crippen LogP contribution in [0.5, 0.6) is 5.75 Å². The lowest BCUT2D eigenvalue weighted by atomic mass is 9.79. The highest BCUT2D eigenvalue weighted by molar-refractivity contribution is 5.80. The van der Waals surface area contributed by atoms with Gasteiger partial charge >= 0.3 is 12.3 Å². The average Bonchev–Trinajstić information content (AvgIpc) is 3.10. The number of rotatable bonds is 6. The van der Waals surface area contributed by atoms with Crippen molar-refractivity contribution in [2.75, 3.05) is 13.2 Å². The summed E-state index contributed by atoms with van der Waals surface area (Å²) in [4.78, 5) is 40.1. The van der Waals surface area contributed by atoms with E-state index in [4.69, 9.17) is 9.47 Å². The topological polar surface area (TPSA) is 94.6 Å². The minimum Gasteiger partial charge on any atom is -0.490 e. The van der Waals surface area contributed by atoms with Gasteiger partial charge in [0, 0.05) is 17.7 Å². The first-order chi connectivity index (χ1) is 16.2. The van der Waals surface area contributed by atoms with E-state index in [9.17, 15) is 31.9 Å². The maximum Gasteiger partial charge on any atom is 0.408 e. The van der Waals surface area contributed by atoms with Crippen LogP contribution in [0.2, 0.25) is 0 Å². The highest BCUT2D eigenvalue weighted by atomic mass is 19.4. The van der Waals surface area contributed by atoms with Crippen LogP contribution in [0.3, 0.4) is 0 Å². The molecule has 1 amide bonds. The fourth-order valence-electron chi connectivity index (χ4n) is 3.56. The number of alkyl carbamates (subject to hydrolysis) is 1. The number of fused-ring (bicyclic) bond motifs is 1. The van der Waals surface area contributed by atoms with Gasteiger partial charge in [-0.3, -0.25) is 0 Å². The number of pyridine rings is 1. The predicted octanol–water partition coefficient (Wildman–Crippen LogP) is 4.26. The Bertz CT molecular complexity index is 1140. The van der Waals surface area contributed by atoms with Crippen molar-refractivity contribution in [2.45, 2.75) is 50.3 Å². The minimum atomic E-state index is -5.19. The van der Waals surface area contributed by atoms with Crippen LogP contribution in [-0.4, -0.2) is 48.6 Å². The molecule has 2 aromatic rings. The Kier molecular flexibility index (Phi) is 6.67. The largest absolute Gasteiger partial charge is 0.490 e. The molecule has 1 N–H and O–H groups in total. The fraction of sp³-hybridized carbons (Fsp3) is 0.417. The monoisotopic (exact) mass is 496 g/mol. The van der Waals surface area contributed by atoms with E-state index in [1.165, 1.54) is 39.8 Å². The average molecular weight is 496 g/mol. The zero-order valence-electron chi connectivity index (χ0n) is 19.5. The number of hydrogen-bond donors (Lipinski definition) is 1. The van der Waals surface area contributed by atoms with Crippen molar-refractivity contribution in [1.82, 2.24) is 10.3 Å². The third-order valence-electron chi connectivity index (χ3n) is 5.56. The van der Waals surface area contributed by atoms with Gasteiger partial charge in [0.15, 0.2) is 5.41 Å². The normalized spacial score (nSPS) is 19.2. The summed E-state index contributed by atoms with van der Waals surface area (Å²) in [6, 6.07) is 5.74. The molecule has 2 atom stereocenters. The number of hydrogen-bond acceptors (Lipinski definition) is 6. The first kappa shape index (κ1) is 26.1. The molecule has 0 spiro atoms. The van der Waals surface area contributed by atoms with Gasteiger partial charge < -0.3 is 24.4 Å². The molecule has 11 heteroatoms. The van der Waals surface area contributed by atoms with E-state index in [1.54, 1.807) is 0 Å². The summed E-state index contributed by atoms with van der Waals surface area (Å²) in [5.74, 6) is -0.531. The van der Waals surface area contributed by atoms with Gasteiger partial charge in [-0.2, -0.15) is 13.2 Å². The number of amides is 1. The van der Waals surface area contributed by atoms with Crippen molar-refractivity contribution in [3.8, 4) is 17.0 Å². The molecule has 1 aromatic carbocycles. The zero-order chi connectivity index (χ0) is 26.2. The third-order valence-corrected chi connectivity index (χ3v) is 5.56. The van der Waals surface area contributed by atoms with Crippen molar-refractivity contribution >= 4 is 18.7 Å². The third kappa shape index (κ3) is 4.98. The first-order valence-electron chi connectivity index (χ1n) is 10.6. The molecule has 35 heavy (non-hydrogen) atoms. The number of ether oxygens (including phenoxy) is 2. The number of halogens is 4. The summed E-state index contributed by atoms with van der Waals surface area (Å²) in [7, 11) is 0. The maximum absolute atomic E-state index is 14.4. The minimum absolute atomic E-state index is 0.0528. The second-order valence-corrected chi connectivity index (χ2v) is 9.51. The van der Waals surface area contributed by atoms with Crippen molar-refractivity contribution < 1.29 is 41.4 Å². The van der Waals surface area contributed by atoms with Crippen LogP contribution in [-0.2, 0) is 25.2 Å². The lowest BCUT2D eigenvalue weighted by Crippen LogP contribution is -2.53.